The van der Waals surface area contributed by atoms with Crippen molar-refractivity contribution in [3.05, 3.63) is 35.9 Å². The lowest BCUT2D eigenvalue weighted by atomic mass is 9.85. The van der Waals surface area contributed by atoms with E-state index in [2.05, 4.69) is 5.32 Å². The monoisotopic (exact) mass is 304 g/mol. The maximum atomic E-state index is 12.3. The van der Waals surface area contributed by atoms with E-state index in [0.29, 0.717) is 19.4 Å². The van der Waals surface area contributed by atoms with Gasteiger partial charge in [-0.25, -0.2) is 4.79 Å². The largest absolute Gasteiger partial charge is 0.436 e. The van der Waals surface area contributed by atoms with Crippen LogP contribution in [0.3, 0.4) is 0 Å². The third kappa shape index (κ3) is 3.78. The smallest absolute Gasteiger partial charge is 0.408 e. The van der Waals surface area contributed by atoms with Gasteiger partial charge in [0.1, 0.15) is 0 Å². The summed E-state index contributed by atoms with van der Waals surface area (Å²) in [6.07, 6.45) is 0.408. The van der Waals surface area contributed by atoms with Crippen molar-refractivity contribution in [2.24, 2.45) is 0 Å². The zero-order valence-electron chi connectivity index (χ0n) is 13.7. The molecule has 0 aliphatic carbocycles. The summed E-state index contributed by atoms with van der Waals surface area (Å²) < 4.78 is 5.82. The van der Waals surface area contributed by atoms with Crippen molar-refractivity contribution in [2.45, 2.75) is 44.8 Å². The number of nitrogens with zero attached hydrogens (tertiary/aromatic N) is 1. The quantitative estimate of drug-likeness (QED) is 0.914. The molecule has 1 heterocycles. The highest BCUT2D eigenvalue weighted by Gasteiger charge is 2.42. The topological polar surface area (TPSA) is 58.6 Å². The molecule has 0 radical (unpaired) electrons. The molecule has 1 unspecified atom stereocenters. The lowest BCUT2D eigenvalue weighted by molar-refractivity contribution is -0.141. The van der Waals surface area contributed by atoms with E-state index in [0.717, 1.165) is 5.56 Å². The Bertz CT molecular complexity index is 551. The molecule has 1 aliphatic rings. The first-order chi connectivity index (χ1) is 10.2. The summed E-state index contributed by atoms with van der Waals surface area (Å²) in [6.45, 7) is 6.08. The van der Waals surface area contributed by atoms with Crippen molar-refractivity contribution in [3.8, 4) is 0 Å². The average molecular weight is 304 g/mol. The Morgan fingerprint density at radius 2 is 1.91 bits per heavy atom. The summed E-state index contributed by atoms with van der Waals surface area (Å²) in [4.78, 5) is 25.7. The van der Waals surface area contributed by atoms with Crippen molar-refractivity contribution in [1.82, 2.24) is 10.2 Å². The first-order valence-electron chi connectivity index (χ1n) is 7.52. The molecule has 2 amide bonds. The molecule has 22 heavy (non-hydrogen) atoms. The predicted molar refractivity (Wildman–Crippen MR) is 84.4 cm³/mol. The van der Waals surface area contributed by atoms with Crippen molar-refractivity contribution >= 4 is 12.0 Å². The molecule has 5 heteroatoms. The summed E-state index contributed by atoms with van der Waals surface area (Å²) in [7, 11) is 1.74. The van der Waals surface area contributed by atoms with Crippen LogP contribution in [0.25, 0.3) is 0 Å². The SMILES string of the molecule is CN1CC(OC(=O)NC(C)(C)C)(c2ccccc2)CCC1=O. The minimum Gasteiger partial charge on any atom is -0.436 e. The van der Waals surface area contributed by atoms with E-state index in [1.54, 1.807) is 11.9 Å². The number of rotatable bonds is 2. The van der Waals surface area contributed by atoms with Gasteiger partial charge in [0.25, 0.3) is 0 Å². The Morgan fingerprint density at radius 3 is 2.45 bits per heavy atom. The van der Waals surface area contributed by atoms with Gasteiger partial charge in [-0.1, -0.05) is 30.3 Å². The van der Waals surface area contributed by atoms with E-state index >= 15 is 0 Å². The van der Waals surface area contributed by atoms with Crippen LogP contribution in [0.1, 0.15) is 39.2 Å². The number of hydrogen-bond donors (Lipinski definition) is 1. The number of nitrogens with one attached hydrogen (secondary N) is 1. The molecule has 0 aromatic heterocycles. The summed E-state index contributed by atoms with van der Waals surface area (Å²) in [5.74, 6) is 0.0754. The van der Waals surface area contributed by atoms with E-state index in [9.17, 15) is 9.59 Å². The van der Waals surface area contributed by atoms with E-state index in [4.69, 9.17) is 4.74 Å². The van der Waals surface area contributed by atoms with Gasteiger partial charge in [0, 0.05) is 25.4 Å². The average Bonchev–Trinajstić information content (AvgIpc) is 2.42. The second kappa shape index (κ2) is 5.99. The number of alkyl carbamates (subject to hydrolysis) is 1. The molecular weight excluding hydrogens is 280 g/mol. The van der Waals surface area contributed by atoms with Crippen molar-refractivity contribution in [3.63, 3.8) is 0 Å². The van der Waals surface area contributed by atoms with Crippen LogP contribution >= 0.6 is 0 Å². The summed E-state index contributed by atoms with van der Waals surface area (Å²) in [5.41, 5.74) is -0.247. The lowest BCUT2D eigenvalue weighted by Gasteiger charge is -2.41. The van der Waals surface area contributed by atoms with Crippen LogP contribution in [-0.4, -0.2) is 36.0 Å². The highest BCUT2D eigenvalue weighted by atomic mass is 16.6. The van der Waals surface area contributed by atoms with Gasteiger partial charge >= 0.3 is 6.09 Å². The third-order valence-electron chi connectivity index (χ3n) is 3.73. The van der Waals surface area contributed by atoms with Crippen LogP contribution < -0.4 is 5.32 Å². The molecule has 1 aromatic rings. The number of carbonyl (C=O) groups is 2. The fourth-order valence-corrected chi connectivity index (χ4v) is 2.68. The standard InChI is InChI=1S/C17H24N2O3/c1-16(2,3)18-15(21)22-17(13-8-6-5-7-9-13)11-10-14(20)19(4)12-17/h5-9H,10-12H2,1-4H3,(H,18,21). The molecule has 2 rings (SSSR count). The van der Waals surface area contributed by atoms with Crippen LogP contribution in [0.5, 0.6) is 0 Å². The number of carbonyl (C=O) groups excluding carboxylic acids is 2. The molecule has 1 atom stereocenters. The Hall–Kier alpha value is -2.04. The van der Waals surface area contributed by atoms with Gasteiger partial charge < -0.3 is 15.0 Å². The number of benzene rings is 1. The number of ether oxygens (including phenoxy) is 1. The summed E-state index contributed by atoms with van der Waals surface area (Å²) >= 11 is 0. The van der Waals surface area contributed by atoms with Crippen LogP contribution in [0.4, 0.5) is 4.79 Å². The van der Waals surface area contributed by atoms with Gasteiger partial charge in [0.05, 0.1) is 6.54 Å². The van der Waals surface area contributed by atoms with Crippen LogP contribution in [0.2, 0.25) is 0 Å². The Balaban J connectivity index is 2.27. The molecule has 1 aromatic carbocycles. The molecule has 1 saturated heterocycles. The van der Waals surface area contributed by atoms with Gasteiger partial charge in [0.2, 0.25) is 5.91 Å². The number of likely N-dealkylation sites (N-methyl/N-ethyl adjacent to an activating group) is 1. The zero-order valence-corrected chi connectivity index (χ0v) is 13.7. The fraction of sp³-hybridized carbons (Fsp3) is 0.529. The first-order valence-corrected chi connectivity index (χ1v) is 7.52. The zero-order chi connectivity index (χ0) is 16.4. The Kier molecular flexibility index (Phi) is 4.44. The predicted octanol–water partition coefficient (Wildman–Crippen LogP) is 2.66. The third-order valence-corrected chi connectivity index (χ3v) is 3.73. The van der Waals surface area contributed by atoms with Gasteiger partial charge in [-0.2, -0.15) is 0 Å². The van der Waals surface area contributed by atoms with E-state index in [1.807, 2.05) is 51.1 Å². The second-order valence-corrected chi connectivity index (χ2v) is 6.87. The Labute approximate surface area is 131 Å². The summed E-state index contributed by atoms with van der Waals surface area (Å²) in [5, 5.41) is 2.82. The first kappa shape index (κ1) is 16.3. The molecule has 1 N–H and O–H groups in total. The molecular formula is C17H24N2O3. The molecule has 5 nitrogen and oxygen atoms in total. The second-order valence-electron chi connectivity index (χ2n) is 6.87. The van der Waals surface area contributed by atoms with E-state index < -0.39 is 11.7 Å². The van der Waals surface area contributed by atoms with Crippen molar-refractivity contribution < 1.29 is 14.3 Å². The van der Waals surface area contributed by atoms with E-state index in [-0.39, 0.29) is 11.4 Å². The number of hydrogen-bond acceptors (Lipinski definition) is 3. The van der Waals surface area contributed by atoms with Crippen molar-refractivity contribution in [1.29, 1.82) is 0 Å². The van der Waals surface area contributed by atoms with Crippen LogP contribution in [0, 0.1) is 0 Å². The molecule has 120 valence electrons. The van der Waals surface area contributed by atoms with E-state index in [1.165, 1.54) is 0 Å². The van der Waals surface area contributed by atoms with Gasteiger partial charge in [-0.15, -0.1) is 0 Å². The maximum Gasteiger partial charge on any atom is 0.408 e. The van der Waals surface area contributed by atoms with Gasteiger partial charge in [-0.05, 0) is 26.3 Å². The highest BCUT2D eigenvalue weighted by molar-refractivity contribution is 5.77. The van der Waals surface area contributed by atoms with Crippen LogP contribution in [-0.2, 0) is 15.1 Å². The highest BCUT2D eigenvalue weighted by Crippen LogP contribution is 2.35. The van der Waals surface area contributed by atoms with Gasteiger partial charge in [0.15, 0.2) is 5.60 Å². The van der Waals surface area contributed by atoms with Crippen LogP contribution in [0.15, 0.2) is 30.3 Å². The molecule has 0 bridgehead atoms. The lowest BCUT2D eigenvalue weighted by Crippen LogP contribution is -2.52. The minimum absolute atomic E-state index is 0.0754. The number of amides is 2. The molecule has 0 spiro atoms. The molecule has 0 saturated carbocycles. The Morgan fingerprint density at radius 1 is 1.27 bits per heavy atom. The minimum atomic E-state index is -0.792. The number of piperidine rings is 1. The molecule has 1 aliphatic heterocycles. The number of likely N-dealkylation sites (tertiary alicyclic amines) is 1. The van der Waals surface area contributed by atoms with Gasteiger partial charge in [-0.3, -0.25) is 4.79 Å². The maximum absolute atomic E-state index is 12.3. The molecule has 1 fully saturated rings. The normalized spacial score (nSPS) is 22.4. The fourth-order valence-electron chi connectivity index (χ4n) is 2.68. The van der Waals surface area contributed by atoms with Crippen molar-refractivity contribution in [2.75, 3.05) is 13.6 Å². The summed E-state index contributed by atoms with van der Waals surface area (Å²) in [6, 6.07) is 9.63.